The van der Waals surface area contributed by atoms with Crippen LogP contribution in [0.2, 0.25) is 0 Å². The molecule has 1 fully saturated rings. The van der Waals surface area contributed by atoms with Gasteiger partial charge < -0.3 is 10.0 Å². The fourth-order valence-corrected chi connectivity index (χ4v) is 1.74. The largest absolute Gasteiger partial charge is 0.481 e. The number of carboxylic acids is 1. The van der Waals surface area contributed by atoms with E-state index in [0.717, 1.165) is 19.5 Å². The number of hydrogen-bond acceptors (Lipinski definition) is 3. The van der Waals surface area contributed by atoms with E-state index in [4.69, 9.17) is 5.11 Å². The fourth-order valence-electron chi connectivity index (χ4n) is 1.74. The van der Waals surface area contributed by atoms with E-state index >= 15 is 0 Å². The molecule has 1 aliphatic rings. The van der Waals surface area contributed by atoms with E-state index in [-0.39, 0.29) is 5.92 Å². The molecule has 5 nitrogen and oxygen atoms in total. The first-order valence-corrected chi connectivity index (χ1v) is 5.32. The molecule has 0 spiro atoms. The summed E-state index contributed by atoms with van der Waals surface area (Å²) in [5.41, 5.74) is 0. The third kappa shape index (κ3) is 3.51. The molecule has 1 aliphatic heterocycles. The van der Waals surface area contributed by atoms with Crippen molar-refractivity contribution in [2.75, 3.05) is 32.7 Å². The predicted molar refractivity (Wildman–Crippen MR) is 55.5 cm³/mol. The van der Waals surface area contributed by atoms with Crippen molar-refractivity contribution in [3.05, 3.63) is 0 Å². The molecule has 86 valence electrons. The number of carbonyl (C=O) groups is 2. The highest BCUT2D eigenvalue weighted by atomic mass is 16.4. The van der Waals surface area contributed by atoms with Crippen LogP contribution < -0.4 is 0 Å². The van der Waals surface area contributed by atoms with Gasteiger partial charge in [-0.25, -0.2) is 0 Å². The van der Waals surface area contributed by atoms with Crippen LogP contribution in [0.5, 0.6) is 0 Å². The third-order valence-electron chi connectivity index (χ3n) is 2.88. The molecule has 1 rings (SSSR count). The number of carboxylic acid groups (broad SMARTS) is 1. The number of aliphatic carboxylic acids is 1. The Balaban J connectivity index is 2.34. The van der Waals surface area contributed by atoms with Crippen LogP contribution in [0.25, 0.3) is 0 Å². The standard InChI is InChI=1S/C10H18N2O3/c1-2-9(10(14)15)7-11-3-5-12(8-13)6-4-11/h8-9H,2-7H2,1H3,(H,14,15). The molecule has 1 N–H and O–H groups in total. The smallest absolute Gasteiger partial charge is 0.307 e. The molecule has 0 radical (unpaired) electrons. The first kappa shape index (κ1) is 12.0. The minimum absolute atomic E-state index is 0.284. The minimum Gasteiger partial charge on any atom is -0.481 e. The van der Waals surface area contributed by atoms with Crippen LogP contribution in [0.4, 0.5) is 0 Å². The van der Waals surface area contributed by atoms with E-state index in [1.54, 1.807) is 4.90 Å². The number of piperazine rings is 1. The van der Waals surface area contributed by atoms with E-state index < -0.39 is 5.97 Å². The molecular formula is C10H18N2O3. The summed E-state index contributed by atoms with van der Waals surface area (Å²) < 4.78 is 0. The fraction of sp³-hybridized carbons (Fsp3) is 0.800. The van der Waals surface area contributed by atoms with Crippen LogP contribution in [0.1, 0.15) is 13.3 Å². The van der Waals surface area contributed by atoms with Gasteiger partial charge in [0, 0.05) is 32.7 Å². The lowest BCUT2D eigenvalue weighted by Crippen LogP contribution is -2.47. The first-order valence-electron chi connectivity index (χ1n) is 5.32. The number of amides is 1. The summed E-state index contributed by atoms with van der Waals surface area (Å²) in [6.45, 7) is 5.46. The zero-order valence-corrected chi connectivity index (χ0v) is 9.06. The number of nitrogens with zero attached hydrogens (tertiary/aromatic N) is 2. The van der Waals surface area contributed by atoms with Crippen molar-refractivity contribution >= 4 is 12.4 Å². The normalized spacial score (nSPS) is 19.9. The second-order valence-corrected chi connectivity index (χ2v) is 3.89. The van der Waals surface area contributed by atoms with E-state index in [2.05, 4.69) is 4.90 Å². The zero-order chi connectivity index (χ0) is 11.3. The molecular weight excluding hydrogens is 196 g/mol. The minimum atomic E-state index is -0.727. The molecule has 15 heavy (non-hydrogen) atoms. The first-order chi connectivity index (χ1) is 7.17. The molecule has 0 aromatic heterocycles. The highest BCUT2D eigenvalue weighted by molar-refractivity contribution is 5.70. The molecule has 0 aliphatic carbocycles. The summed E-state index contributed by atoms with van der Waals surface area (Å²) in [6.07, 6.45) is 1.51. The molecule has 1 amide bonds. The average molecular weight is 214 g/mol. The van der Waals surface area contributed by atoms with Gasteiger partial charge in [0.2, 0.25) is 6.41 Å². The Labute approximate surface area is 89.7 Å². The maximum atomic E-state index is 10.8. The lowest BCUT2D eigenvalue weighted by Gasteiger charge is -2.33. The Hall–Kier alpha value is -1.10. The maximum absolute atomic E-state index is 10.8. The summed E-state index contributed by atoms with van der Waals surface area (Å²) in [4.78, 5) is 25.1. The van der Waals surface area contributed by atoms with Gasteiger partial charge in [0.1, 0.15) is 0 Å². The highest BCUT2D eigenvalue weighted by Gasteiger charge is 2.22. The van der Waals surface area contributed by atoms with E-state index in [0.29, 0.717) is 26.1 Å². The molecule has 0 saturated carbocycles. The van der Waals surface area contributed by atoms with Gasteiger partial charge in [-0.1, -0.05) is 6.92 Å². The van der Waals surface area contributed by atoms with Gasteiger partial charge in [0.15, 0.2) is 0 Å². The SMILES string of the molecule is CCC(CN1CCN(C=O)CC1)C(=O)O. The average Bonchev–Trinajstić information content (AvgIpc) is 2.26. The van der Waals surface area contributed by atoms with Gasteiger partial charge in [0.05, 0.1) is 5.92 Å². The van der Waals surface area contributed by atoms with E-state index in [9.17, 15) is 9.59 Å². The van der Waals surface area contributed by atoms with Crippen molar-refractivity contribution in [1.29, 1.82) is 0 Å². The van der Waals surface area contributed by atoms with Crippen LogP contribution in [-0.2, 0) is 9.59 Å². The monoisotopic (exact) mass is 214 g/mol. The van der Waals surface area contributed by atoms with E-state index in [1.165, 1.54) is 0 Å². The van der Waals surface area contributed by atoms with Crippen LogP contribution in [0.3, 0.4) is 0 Å². The summed E-state index contributed by atoms with van der Waals surface area (Å²) in [5.74, 6) is -1.01. The Morgan fingerprint density at radius 1 is 1.40 bits per heavy atom. The van der Waals surface area contributed by atoms with Crippen molar-refractivity contribution in [1.82, 2.24) is 9.80 Å². The topological polar surface area (TPSA) is 60.9 Å². The number of rotatable bonds is 5. The molecule has 0 aromatic rings. The molecule has 1 saturated heterocycles. The van der Waals surface area contributed by atoms with Crippen LogP contribution in [-0.4, -0.2) is 60.0 Å². The number of hydrogen-bond donors (Lipinski definition) is 1. The summed E-state index contributed by atoms with van der Waals surface area (Å²) in [6, 6.07) is 0. The van der Waals surface area contributed by atoms with Crippen molar-refractivity contribution in [2.24, 2.45) is 5.92 Å². The van der Waals surface area contributed by atoms with Crippen molar-refractivity contribution in [3.8, 4) is 0 Å². The van der Waals surface area contributed by atoms with Gasteiger partial charge in [-0.2, -0.15) is 0 Å². The number of carbonyl (C=O) groups excluding carboxylic acids is 1. The van der Waals surface area contributed by atoms with Gasteiger partial charge in [0.25, 0.3) is 0 Å². The lowest BCUT2D eigenvalue weighted by atomic mass is 10.1. The maximum Gasteiger partial charge on any atom is 0.307 e. The van der Waals surface area contributed by atoms with Crippen molar-refractivity contribution in [3.63, 3.8) is 0 Å². The predicted octanol–water partition coefficient (Wildman–Crippen LogP) is -0.129. The molecule has 1 unspecified atom stereocenters. The Bertz CT molecular complexity index is 225. The third-order valence-corrected chi connectivity index (χ3v) is 2.88. The Morgan fingerprint density at radius 3 is 2.40 bits per heavy atom. The molecule has 0 bridgehead atoms. The second-order valence-electron chi connectivity index (χ2n) is 3.89. The van der Waals surface area contributed by atoms with Crippen LogP contribution in [0, 0.1) is 5.92 Å². The van der Waals surface area contributed by atoms with Gasteiger partial charge >= 0.3 is 5.97 Å². The lowest BCUT2D eigenvalue weighted by molar-refractivity contribution is -0.142. The second kappa shape index (κ2) is 5.70. The Morgan fingerprint density at radius 2 is 2.00 bits per heavy atom. The van der Waals surface area contributed by atoms with Crippen LogP contribution in [0.15, 0.2) is 0 Å². The highest BCUT2D eigenvalue weighted by Crippen LogP contribution is 2.08. The van der Waals surface area contributed by atoms with Gasteiger partial charge in [-0.05, 0) is 6.42 Å². The molecule has 1 atom stereocenters. The molecule has 5 heteroatoms. The van der Waals surface area contributed by atoms with Crippen molar-refractivity contribution < 1.29 is 14.7 Å². The summed E-state index contributed by atoms with van der Waals surface area (Å²) >= 11 is 0. The molecule has 0 aromatic carbocycles. The van der Waals surface area contributed by atoms with E-state index in [1.807, 2.05) is 6.92 Å². The van der Waals surface area contributed by atoms with Crippen molar-refractivity contribution in [2.45, 2.75) is 13.3 Å². The Kier molecular flexibility index (Phi) is 4.55. The molecule has 1 heterocycles. The van der Waals surface area contributed by atoms with Crippen LogP contribution >= 0.6 is 0 Å². The quantitative estimate of drug-likeness (QED) is 0.648. The summed E-state index contributed by atoms with van der Waals surface area (Å²) in [5, 5.41) is 8.91. The van der Waals surface area contributed by atoms with Gasteiger partial charge in [-0.15, -0.1) is 0 Å². The van der Waals surface area contributed by atoms with Gasteiger partial charge in [-0.3, -0.25) is 14.5 Å². The zero-order valence-electron chi connectivity index (χ0n) is 9.06. The summed E-state index contributed by atoms with van der Waals surface area (Å²) in [7, 11) is 0.